The maximum Gasteiger partial charge on any atom is 0.0670 e. The molecule has 20 heavy (non-hydrogen) atoms. The van der Waals surface area contributed by atoms with Crippen LogP contribution >= 0.6 is 0 Å². The Hall–Kier alpha value is -0.120. The number of ether oxygens (including phenoxy) is 1. The summed E-state index contributed by atoms with van der Waals surface area (Å²) in [4.78, 5) is 2.69. The van der Waals surface area contributed by atoms with Crippen LogP contribution in [-0.2, 0) is 4.74 Å². The summed E-state index contributed by atoms with van der Waals surface area (Å²) >= 11 is 0. The van der Waals surface area contributed by atoms with E-state index in [1.165, 1.54) is 38.8 Å². The standard InChI is InChI=1S/C17H36N2O/c1-5-8-11-19(12-9-6-2)17(15-18)10-13-20-16(4,7-3)14-17/h5-15,18H2,1-4H3. The SMILES string of the molecule is CCCCN(CCCC)C1(CN)CCOC(C)(CC)C1. The lowest BCUT2D eigenvalue weighted by molar-refractivity contribution is -0.129. The molecule has 1 heterocycles. The van der Waals surface area contributed by atoms with Gasteiger partial charge in [-0.05, 0) is 52.1 Å². The molecule has 0 aliphatic carbocycles. The maximum atomic E-state index is 6.26. The molecule has 2 unspecified atom stereocenters. The van der Waals surface area contributed by atoms with Gasteiger partial charge in [-0.25, -0.2) is 0 Å². The fourth-order valence-corrected chi connectivity index (χ4v) is 3.41. The third-order valence-corrected chi connectivity index (χ3v) is 5.08. The lowest BCUT2D eigenvalue weighted by Gasteiger charge is -2.51. The van der Waals surface area contributed by atoms with Crippen LogP contribution < -0.4 is 5.73 Å². The Morgan fingerprint density at radius 2 is 1.70 bits per heavy atom. The highest BCUT2D eigenvalue weighted by atomic mass is 16.5. The summed E-state index contributed by atoms with van der Waals surface area (Å²) in [5.41, 5.74) is 6.43. The Kier molecular flexibility index (Phi) is 7.49. The third-order valence-electron chi connectivity index (χ3n) is 5.08. The van der Waals surface area contributed by atoms with E-state index in [1.807, 2.05) is 0 Å². The minimum absolute atomic E-state index is 0.00823. The Morgan fingerprint density at radius 3 is 2.15 bits per heavy atom. The lowest BCUT2D eigenvalue weighted by atomic mass is 9.77. The zero-order valence-electron chi connectivity index (χ0n) is 14.2. The molecule has 1 rings (SSSR count). The van der Waals surface area contributed by atoms with Gasteiger partial charge in [0.05, 0.1) is 5.60 Å². The second-order valence-corrected chi connectivity index (χ2v) is 6.70. The Morgan fingerprint density at radius 1 is 1.10 bits per heavy atom. The largest absolute Gasteiger partial charge is 0.375 e. The van der Waals surface area contributed by atoms with Crippen molar-refractivity contribution in [2.75, 3.05) is 26.2 Å². The molecule has 0 radical (unpaired) electrons. The molecule has 0 bridgehead atoms. The third kappa shape index (κ3) is 4.44. The van der Waals surface area contributed by atoms with Gasteiger partial charge < -0.3 is 10.5 Å². The first kappa shape index (κ1) is 17.9. The van der Waals surface area contributed by atoms with E-state index >= 15 is 0 Å². The number of unbranched alkanes of at least 4 members (excludes halogenated alkanes) is 2. The lowest BCUT2D eigenvalue weighted by Crippen LogP contribution is -2.61. The van der Waals surface area contributed by atoms with Gasteiger partial charge in [-0.15, -0.1) is 0 Å². The van der Waals surface area contributed by atoms with Crippen molar-refractivity contribution < 1.29 is 4.74 Å². The van der Waals surface area contributed by atoms with Crippen LogP contribution in [0.2, 0.25) is 0 Å². The van der Waals surface area contributed by atoms with Crippen molar-refractivity contribution in [2.45, 2.75) is 83.8 Å². The molecule has 0 aromatic rings. The smallest absolute Gasteiger partial charge is 0.0670 e. The zero-order chi connectivity index (χ0) is 15.1. The molecule has 3 nitrogen and oxygen atoms in total. The first-order chi connectivity index (χ1) is 9.55. The summed E-state index contributed by atoms with van der Waals surface area (Å²) in [5.74, 6) is 0. The van der Waals surface area contributed by atoms with Gasteiger partial charge in [0.1, 0.15) is 0 Å². The minimum Gasteiger partial charge on any atom is -0.375 e. The monoisotopic (exact) mass is 284 g/mol. The van der Waals surface area contributed by atoms with Crippen LogP contribution in [0.4, 0.5) is 0 Å². The van der Waals surface area contributed by atoms with Crippen molar-refractivity contribution in [3.8, 4) is 0 Å². The number of hydrogen-bond donors (Lipinski definition) is 1. The molecule has 0 saturated carbocycles. The summed E-state index contributed by atoms with van der Waals surface area (Å²) in [6.07, 6.45) is 8.30. The predicted octanol–water partition coefficient (Wildman–Crippen LogP) is 3.57. The predicted molar refractivity (Wildman–Crippen MR) is 87.1 cm³/mol. The Labute approximate surface area is 126 Å². The number of rotatable bonds is 9. The summed E-state index contributed by atoms with van der Waals surface area (Å²) in [6, 6.07) is 0. The molecule has 0 aromatic heterocycles. The fourth-order valence-electron chi connectivity index (χ4n) is 3.41. The van der Waals surface area contributed by atoms with Crippen molar-refractivity contribution >= 4 is 0 Å². The van der Waals surface area contributed by atoms with E-state index in [0.717, 1.165) is 32.4 Å². The molecule has 2 atom stereocenters. The van der Waals surface area contributed by atoms with Crippen LogP contribution in [0.1, 0.15) is 72.6 Å². The van der Waals surface area contributed by atoms with Gasteiger partial charge in [0.15, 0.2) is 0 Å². The first-order valence-corrected chi connectivity index (χ1v) is 8.65. The number of hydrogen-bond acceptors (Lipinski definition) is 3. The maximum absolute atomic E-state index is 6.26. The van der Waals surface area contributed by atoms with Crippen molar-refractivity contribution in [1.29, 1.82) is 0 Å². The van der Waals surface area contributed by atoms with Gasteiger partial charge in [0, 0.05) is 18.7 Å². The second-order valence-electron chi connectivity index (χ2n) is 6.70. The van der Waals surface area contributed by atoms with Crippen LogP contribution in [-0.4, -0.2) is 42.3 Å². The van der Waals surface area contributed by atoms with Crippen molar-refractivity contribution in [1.82, 2.24) is 4.90 Å². The van der Waals surface area contributed by atoms with Crippen molar-refractivity contribution in [3.05, 3.63) is 0 Å². The van der Waals surface area contributed by atoms with Gasteiger partial charge in [0.2, 0.25) is 0 Å². The molecule has 120 valence electrons. The van der Waals surface area contributed by atoms with Gasteiger partial charge in [-0.3, -0.25) is 4.90 Å². The van der Waals surface area contributed by atoms with E-state index in [0.29, 0.717) is 0 Å². The summed E-state index contributed by atoms with van der Waals surface area (Å²) in [6.45, 7) is 13.0. The number of nitrogens with zero attached hydrogens (tertiary/aromatic N) is 1. The van der Waals surface area contributed by atoms with Gasteiger partial charge in [0.25, 0.3) is 0 Å². The molecular weight excluding hydrogens is 248 g/mol. The fraction of sp³-hybridized carbons (Fsp3) is 1.00. The average molecular weight is 284 g/mol. The highest BCUT2D eigenvalue weighted by Gasteiger charge is 2.44. The van der Waals surface area contributed by atoms with Crippen LogP contribution in [0.5, 0.6) is 0 Å². The highest BCUT2D eigenvalue weighted by Crippen LogP contribution is 2.38. The molecule has 1 fully saturated rings. The first-order valence-electron chi connectivity index (χ1n) is 8.65. The average Bonchev–Trinajstić information content (AvgIpc) is 2.47. The van der Waals surface area contributed by atoms with E-state index in [4.69, 9.17) is 10.5 Å². The van der Waals surface area contributed by atoms with Gasteiger partial charge >= 0.3 is 0 Å². The van der Waals surface area contributed by atoms with Crippen LogP contribution in [0.3, 0.4) is 0 Å². The molecule has 1 aliphatic heterocycles. The summed E-state index contributed by atoms with van der Waals surface area (Å²) in [7, 11) is 0. The Bertz CT molecular complexity index is 264. The van der Waals surface area contributed by atoms with E-state index in [9.17, 15) is 0 Å². The quantitative estimate of drug-likeness (QED) is 0.703. The van der Waals surface area contributed by atoms with Crippen LogP contribution in [0.25, 0.3) is 0 Å². The zero-order valence-corrected chi connectivity index (χ0v) is 14.2. The molecule has 0 aromatic carbocycles. The van der Waals surface area contributed by atoms with Crippen molar-refractivity contribution in [3.63, 3.8) is 0 Å². The van der Waals surface area contributed by atoms with Crippen molar-refractivity contribution in [2.24, 2.45) is 5.73 Å². The van der Waals surface area contributed by atoms with E-state index in [1.54, 1.807) is 0 Å². The normalized spacial score (nSPS) is 30.9. The minimum atomic E-state index is 0.00823. The molecule has 1 saturated heterocycles. The molecule has 1 aliphatic rings. The van der Waals surface area contributed by atoms with Gasteiger partial charge in [-0.2, -0.15) is 0 Å². The van der Waals surface area contributed by atoms with Crippen LogP contribution in [0.15, 0.2) is 0 Å². The molecule has 0 spiro atoms. The number of nitrogens with two attached hydrogens (primary N) is 1. The molecule has 2 N–H and O–H groups in total. The molecule has 3 heteroatoms. The molecule has 0 amide bonds. The van der Waals surface area contributed by atoms with E-state index in [2.05, 4.69) is 32.6 Å². The van der Waals surface area contributed by atoms with Crippen LogP contribution in [0, 0.1) is 0 Å². The highest BCUT2D eigenvalue weighted by molar-refractivity contribution is 5.00. The topological polar surface area (TPSA) is 38.5 Å². The molecular formula is C17H36N2O. The van der Waals surface area contributed by atoms with E-state index < -0.39 is 0 Å². The second kappa shape index (κ2) is 8.35. The Balaban J connectivity index is 2.84. The van der Waals surface area contributed by atoms with E-state index in [-0.39, 0.29) is 11.1 Å². The van der Waals surface area contributed by atoms with Gasteiger partial charge in [-0.1, -0.05) is 33.6 Å². The summed E-state index contributed by atoms with van der Waals surface area (Å²) in [5, 5.41) is 0. The summed E-state index contributed by atoms with van der Waals surface area (Å²) < 4.78 is 6.05.